The summed E-state index contributed by atoms with van der Waals surface area (Å²) in [6.45, 7) is 0.162. The Morgan fingerprint density at radius 2 is 2.22 bits per heavy atom. The van der Waals surface area contributed by atoms with Crippen LogP contribution >= 0.6 is 23.7 Å². The number of β-amino-alcohol motifs (C(OH)–C–C–N with tert-alkyl or cyclic N) is 1. The highest BCUT2D eigenvalue weighted by Gasteiger charge is 2.56. The molecule has 104 valence electrons. The molecule has 4 nitrogen and oxygen atoms in total. The third-order valence-electron chi connectivity index (χ3n) is 2.81. The van der Waals surface area contributed by atoms with Gasteiger partial charge in [0.15, 0.2) is 10.7 Å². The second-order valence-corrected chi connectivity index (χ2v) is 5.30. The molecule has 1 aliphatic rings. The standard InChI is InChI=1S/C9H12F3N3OS.ClH/c10-9(11,12)8(16)1-2-15(5-8)4-6-3-14-7(13)17-6;/h3,16H,1-2,4-5H2,(H2,13,14);1H. The minimum atomic E-state index is -4.57. The molecule has 0 saturated carbocycles. The van der Waals surface area contributed by atoms with Crippen molar-refractivity contribution in [2.24, 2.45) is 0 Å². The van der Waals surface area contributed by atoms with E-state index in [1.54, 1.807) is 11.1 Å². The number of rotatable bonds is 2. The summed E-state index contributed by atoms with van der Waals surface area (Å²) in [4.78, 5) is 6.18. The van der Waals surface area contributed by atoms with Gasteiger partial charge in [0.1, 0.15) is 0 Å². The molecule has 1 saturated heterocycles. The SMILES string of the molecule is Cl.Nc1ncc(CN2CCC(O)(C(F)(F)F)C2)s1. The van der Waals surface area contributed by atoms with Gasteiger partial charge >= 0.3 is 6.18 Å². The lowest BCUT2D eigenvalue weighted by molar-refractivity contribution is -0.254. The number of nitrogen functional groups attached to an aromatic ring is 1. The number of halogens is 4. The maximum absolute atomic E-state index is 12.6. The Labute approximate surface area is 112 Å². The molecule has 1 aromatic rings. The van der Waals surface area contributed by atoms with Crippen molar-refractivity contribution in [3.8, 4) is 0 Å². The number of hydrogen-bond acceptors (Lipinski definition) is 5. The van der Waals surface area contributed by atoms with Crippen LogP contribution in [0.3, 0.4) is 0 Å². The van der Waals surface area contributed by atoms with Crippen LogP contribution in [0.5, 0.6) is 0 Å². The van der Waals surface area contributed by atoms with Gasteiger partial charge in [0, 0.05) is 30.7 Å². The predicted molar refractivity (Wildman–Crippen MR) is 64.7 cm³/mol. The third-order valence-corrected chi connectivity index (χ3v) is 3.62. The minimum absolute atomic E-state index is 0. The molecule has 1 unspecified atom stereocenters. The number of hydrogen-bond donors (Lipinski definition) is 2. The molecule has 1 fully saturated rings. The first-order chi connectivity index (χ1) is 7.80. The Morgan fingerprint density at radius 1 is 1.56 bits per heavy atom. The molecule has 1 aromatic heterocycles. The largest absolute Gasteiger partial charge is 0.418 e. The van der Waals surface area contributed by atoms with E-state index in [0.29, 0.717) is 11.7 Å². The van der Waals surface area contributed by atoms with E-state index in [2.05, 4.69) is 4.98 Å². The zero-order valence-corrected chi connectivity index (χ0v) is 10.9. The molecule has 2 heterocycles. The zero-order valence-electron chi connectivity index (χ0n) is 9.28. The number of thiazole rings is 1. The lowest BCUT2D eigenvalue weighted by atomic mass is 10.0. The van der Waals surface area contributed by atoms with E-state index >= 15 is 0 Å². The van der Waals surface area contributed by atoms with Crippen molar-refractivity contribution < 1.29 is 18.3 Å². The van der Waals surface area contributed by atoms with Crippen LogP contribution in [0.1, 0.15) is 11.3 Å². The van der Waals surface area contributed by atoms with Gasteiger partial charge in [-0.3, -0.25) is 4.90 Å². The van der Waals surface area contributed by atoms with Crippen molar-refractivity contribution in [1.29, 1.82) is 0 Å². The maximum Gasteiger partial charge on any atom is 0.418 e. The molecule has 0 spiro atoms. The normalized spacial score (nSPS) is 25.1. The summed E-state index contributed by atoms with van der Waals surface area (Å²) in [6, 6.07) is 0. The molecule has 0 amide bonds. The highest BCUT2D eigenvalue weighted by atomic mass is 35.5. The second-order valence-electron chi connectivity index (χ2n) is 4.15. The van der Waals surface area contributed by atoms with E-state index in [9.17, 15) is 18.3 Å². The number of nitrogens with zero attached hydrogens (tertiary/aromatic N) is 2. The van der Waals surface area contributed by atoms with E-state index < -0.39 is 18.3 Å². The second kappa shape index (κ2) is 5.20. The van der Waals surface area contributed by atoms with Crippen molar-refractivity contribution in [1.82, 2.24) is 9.88 Å². The average Bonchev–Trinajstić information content (AvgIpc) is 2.74. The number of alkyl halides is 3. The molecule has 1 aliphatic heterocycles. The van der Waals surface area contributed by atoms with Crippen LogP contribution in [0.2, 0.25) is 0 Å². The van der Waals surface area contributed by atoms with Crippen LogP contribution in [-0.4, -0.2) is 39.9 Å². The molecular weight excluding hydrogens is 291 g/mol. The van der Waals surface area contributed by atoms with Crippen molar-refractivity contribution in [2.45, 2.75) is 24.7 Å². The van der Waals surface area contributed by atoms with Gasteiger partial charge in [0.25, 0.3) is 0 Å². The van der Waals surface area contributed by atoms with Gasteiger partial charge in [-0.05, 0) is 6.42 Å². The van der Waals surface area contributed by atoms with E-state index in [1.807, 2.05) is 0 Å². The van der Waals surface area contributed by atoms with E-state index in [0.717, 1.165) is 4.88 Å². The molecule has 9 heteroatoms. The lowest BCUT2D eigenvalue weighted by Gasteiger charge is -2.25. The van der Waals surface area contributed by atoms with Gasteiger partial charge in [0.2, 0.25) is 0 Å². The Bertz CT molecular complexity index is 414. The monoisotopic (exact) mass is 303 g/mol. The quantitative estimate of drug-likeness (QED) is 0.872. The summed E-state index contributed by atoms with van der Waals surface area (Å²) in [5, 5.41) is 9.87. The van der Waals surface area contributed by atoms with Gasteiger partial charge in [-0.25, -0.2) is 4.98 Å². The van der Waals surface area contributed by atoms with E-state index in [4.69, 9.17) is 5.73 Å². The summed E-state index contributed by atoms with van der Waals surface area (Å²) in [7, 11) is 0. The fourth-order valence-electron chi connectivity index (χ4n) is 1.85. The summed E-state index contributed by atoms with van der Waals surface area (Å²) >= 11 is 1.24. The first kappa shape index (κ1) is 15.5. The van der Waals surface area contributed by atoms with Crippen LogP contribution < -0.4 is 5.73 Å². The van der Waals surface area contributed by atoms with Crippen LogP contribution in [0.15, 0.2) is 6.20 Å². The zero-order chi connectivity index (χ0) is 12.7. The average molecular weight is 304 g/mol. The smallest absolute Gasteiger partial charge is 0.379 e. The van der Waals surface area contributed by atoms with Gasteiger partial charge in [-0.2, -0.15) is 13.2 Å². The molecule has 0 aromatic carbocycles. The predicted octanol–water partition coefficient (Wildman–Crippen LogP) is 1.65. The van der Waals surface area contributed by atoms with E-state index in [1.165, 1.54) is 11.3 Å². The van der Waals surface area contributed by atoms with Gasteiger partial charge in [-0.15, -0.1) is 23.7 Å². The summed E-state index contributed by atoms with van der Waals surface area (Å²) in [5.74, 6) is 0. The van der Waals surface area contributed by atoms with Crippen molar-refractivity contribution >= 4 is 28.9 Å². The number of likely N-dealkylation sites (tertiary alicyclic amines) is 1. The molecule has 3 N–H and O–H groups in total. The Hall–Kier alpha value is -0.570. The molecular formula is C9H13ClF3N3OS. The van der Waals surface area contributed by atoms with Gasteiger partial charge < -0.3 is 10.8 Å². The third kappa shape index (κ3) is 3.05. The van der Waals surface area contributed by atoms with Gasteiger partial charge in [-0.1, -0.05) is 0 Å². The molecule has 2 rings (SSSR count). The highest BCUT2D eigenvalue weighted by molar-refractivity contribution is 7.15. The fourth-order valence-corrected chi connectivity index (χ4v) is 2.58. The summed E-state index contributed by atoms with van der Waals surface area (Å²) < 4.78 is 37.7. The minimum Gasteiger partial charge on any atom is -0.379 e. The Balaban J connectivity index is 0.00000162. The first-order valence-electron chi connectivity index (χ1n) is 5.02. The topological polar surface area (TPSA) is 62.4 Å². The molecule has 0 radical (unpaired) electrons. The molecule has 1 atom stereocenters. The number of anilines is 1. The number of nitrogens with two attached hydrogens (primary N) is 1. The molecule has 18 heavy (non-hydrogen) atoms. The molecule has 0 bridgehead atoms. The Morgan fingerprint density at radius 3 is 2.67 bits per heavy atom. The van der Waals surface area contributed by atoms with Crippen molar-refractivity contribution in [3.05, 3.63) is 11.1 Å². The Kier molecular flexibility index (Phi) is 4.47. The summed E-state index contributed by atoms with van der Waals surface area (Å²) in [6.07, 6.45) is -3.32. The molecule has 0 aliphatic carbocycles. The number of aliphatic hydroxyl groups is 1. The first-order valence-corrected chi connectivity index (χ1v) is 5.83. The van der Waals surface area contributed by atoms with Crippen LogP contribution in [0.25, 0.3) is 0 Å². The van der Waals surface area contributed by atoms with Crippen LogP contribution in [-0.2, 0) is 6.54 Å². The van der Waals surface area contributed by atoms with Crippen LogP contribution in [0.4, 0.5) is 18.3 Å². The van der Waals surface area contributed by atoms with E-state index in [-0.39, 0.29) is 25.4 Å². The highest BCUT2D eigenvalue weighted by Crippen LogP contribution is 2.38. The lowest BCUT2D eigenvalue weighted by Crippen LogP contribution is -2.47. The summed E-state index contributed by atoms with van der Waals surface area (Å²) in [5.41, 5.74) is 2.85. The van der Waals surface area contributed by atoms with Crippen LogP contribution in [0, 0.1) is 0 Å². The maximum atomic E-state index is 12.6. The van der Waals surface area contributed by atoms with Crippen molar-refractivity contribution in [3.63, 3.8) is 0 Å². The fraction of sp³-hybridized carbons (Fsp3) is 0.667. The van der Waals surface area contributed by atoms with Gasteiger partial charge in [0.05, 0.1) is 0 Å². The van der Waals surface area contributed by atoms with Crippen molar-refractivity contribution in [2.75, 3.05) is 18.8 Å². The number of aromatic nitrogens is 1.